The number of hydrogen-bond acceptors (Lipinski definition) is 4. The Morgan fingerprint density at radius 3 is 2.90 bits per heavy atom. The van der Waals surface area contributed by atoms with Crippen molar-refractivity contribution in [3.8, 4) is 0 Å². The number of nitrogen functional groups attached to an aromatic ring is 1. The minimum absolute atomic E-state index is 0.210. The molecule has 1 saturated heterocycles. The van der Waals surface area contributed by atoms with Crippen molar-refractivity contribution in [2.45, 2.75) is 52.5 Å². The molecule has 3 rings (SSSR count). The Morgan fingerprint density at radius 1 is 1.50 bits per heavy atom. The average Bonchev–Trinajstić information content (AvgIpc) is 2.78. The number of carbonyl (C=O) groups excluding carboxylic acids is 1. The topological polar surface area (TPSA) is 59.2 Å². The normalized spacial score (nSPS) is 31.6. The molecule has 2 heterocycles. The number of amides is 1. The lowest BCUT2D eigenvalue weighted by molar-refractivity contribution is -0.131. The number of hydrogen-bond donors (Lipinski definition) is 1. The molecule has 1 aromatic rings. The zero-order valence-electron chi connectivity index (χ0n) is 12.5. The van der Waals surface area contributed by atoms with Crippen LogP contribution in [0.25, 0.3) is 0 Å². The fourth-order valence-electron chi connectivity index (χ4n) is 4.41. The first-order chi connectivity index (χ1) is 9.26. The summed E-state index contributed by atoms with van der Waals surface area (Å²) in [4.78, 5) is 18.9. The van der Waals surface area contributed by atoms with Gasteiger partial charge in [-0.15, -0.1) is 11.3 Å². The van der Waals surface area contributed by atoms with Crippen molar-refractivity contribution in [2.24, 2.45) is 10.8 Å². The first-order valence-corrected chi connectivity index (χ1v) is 8.14. The van der Waals surface area contributed by atoms with Crippen molar-refractivity contribution < 1.29 is 4.79 Å². The lowest BCUT2D eigenvalue weighted by Gasteiger charge is -2.39. The van der Waals surface area contributed by atoms with Crippen LogP contribution in [0.4, 0.5) is 5.13 Å². The zero-order valence-corrected chi connectivity index (χ0v) is 13.3. The molecule has 20 heavy (non-hydrogen) atoms. The summed E-state index contributed by atoms with van der Waals surface area (Å²) >= 11 is 1.40. The molecule has 1 aliphatic heterocycles. The van der Waals surface area contributed by atoms with E-state index in [1.165, 1.54) is 17.8 Å². The molecule has 0 aromatic carbocycles. The molecule has 2 unspecified atom stereocenters. The molecule has 1 amide bonds. The molecule has 110 valence electrons. The molecule has 2 atom stereocenters. The molecule has 0 radical (unpaired) electrons. The summed E-state index contributed by atoms with van der Waals surface area (Å²) in [6, 6.07) is 0.409. The van der Waals surface area contributed by atoms with Gasteiger partial charge in [-0.2, -0.15) is 0 Å². The van der Waals surface area contributed by atoms with E-state index in [-0.39, 0.29) is 5.91 Å². The molecule has 4 nitrogen and oxygen atoms in total. The highest BCUT2D eigenvalue weighted by Gasteiger charge is 2.50. The molecule has 2 bridgehead atoms. The van der Waals surface area contributed by atoms with E-state index in [1.807, 2.05) is 5.38 Å². The summed E-state index contributed by atoms with van der Waals surface area (Å²) < 4.78 is 0. The van der Waals surface area contributed by atoms with E-state index < -0.39 is 0 Å². The van der Waals surface area contributed by atoms with Gasteiger partial charge in [-0.25, -0.2) is 4.98 Å². The van der Waals surface area contributed by atoms with Gasteiger partial charge in [-0.05, 0) is 30.1 Å². The molecular formula is C15H23N3OS. The molecule has 2 aliphatic rings. The highest BCUT2D eigenvalue weighted by atomic mass is 32.1. The number of nitrogens with zero attached hydrogens (tertiary/aromatic N) is 2. The number of anilines is 1. The molecule has 2 fully saturated rings. The maximum absolute atomic E-state index is 12.6. The summed E-state index contributed by atoms with van der Waals surface area (Å²) in [6.45, 7) is 7.88. The Balaban J connectivity index is 1.73. The lowest BCUT2D eigenvalue weighted by atomic mass is 9.65. The Morgan fingerprint density at radius 2 is 2.25 bits per heavy atom. The van der Waals surface area contributed by atoms with Crippen molar-refractivity contribution in [3.05, 3.63) is 11.1 Å². The van der Waals surface area contributed by atoms with Crippen molar-refractivity contribution in [1.82, 2.24) is 9.88 Å². The monoisotopic (exact) mass is 293 g/mol. The Hall–Kier alpha value is -1.10. The summed E-state index contributed by atoms with van der Waals surface area (Å²) in [5, 5.41) is 2.43. The van der Waals surface area contributed by atoms with Gasteiger partial charge in [0.25, 0.3) is 0 Å². The van der Waals surface area contributed by atoms with Crippen LogP contribution in [0.1, 0.15) is 45.7 Å². The number of thiazole rings is 1. The Kier molecular flexibility index (Phi) is 3.08. The maximum Gasteiger partial charge on any atom is 0.228 e. The molecule has 2 N–H and O–H groups in total. The highest BCUT2D eigenvalue weighted by molar-refractivity contribution is 7.13. The van der Waals surface area contributed by atoms with Crippen LogP contribution in [0.2, 0.25) is 0 Å². The Bertz CT molecular complexity index is 539. The van der Waals surface area contributed by atoms with Crippen LogP contribution in [0, 0.1) is 10.8 Å². The van der Waals surface area contributed by atoms with Crippen LogP contribution in [-0.2, 0) is 11.2 Å². The summed E-state index contributed by atoms with van der Waals surface area (Å²) in [7, 11) is 0. The number of aromatic nitrogens is 1. The van der Waals surface area contributed by atoms with Gasteiger partial charge >= 0.3 is 0 Å². The molecule has 0 spiro atoms. The van der Waals surface area contributed by atoms with Gasteiger partial charge in [0, 0.05) is 18.0 Å². The first kappa shape index (κ1) is 13.9. The third kappa shape index (κ3) is 2.55. The van der Waals surface area contributed by atoms with E-state index >= 15 is 0 Å². The van der Waals surface area contributed by atoms with Gasteiger partial charge in [0.2, 0.25) is 5.91 Å². The van der Waals surface area contributed by atoms with Crippen molar-refractivity contribution >= 4 is 22.4 Å². The number of nitrogens with two attached hydrogens (primary N) is 1. The second kappa shape index (κ2) is 4.45. The average molecular weight is 293 g/mol. The third-order valence-corrected chi connectivity index (χ3v) is 5.36. The minimum atomic E-state index is 0.210. The van der Waals surface area contributed by atoms with Gasteiger partial charge in [0.15, 0.2) is 5.13 Å². The van der Waals surface area contributed by atoms with E-state index in [9.17, 15) is 4.79 Å². The largest absolute Gasteiger partial charge is 0.375 e. The highest BCUT2D eigenvalue weighted by Crippen LogP contribution is 2.52. The zero-order chi connectivity index (χ0) is 14.5. The van der Waals surface area contributed by atoms with E-state index in [0.29, 0.717) is 28.4 Å². The van der Waals surface area contributed by atoms with Gasteiger partial charge in [-0.1, -0.05) is 20.8 Å². The van der Waals surface area contributed by atoms with Gasteiger partial charge in [0.1, 0.15) is 0 Å². The van der Waals surface area contributed by atoms with Crippen LogP contribution in [0.15, 0.2) is 5.38 Å². The van der Waals surface area contributed by atoms with Gasteiger partial charge in [-0.3, -0.25) is 4.79 Å². The number of rotatable bonds is 2. The molecule has 1 aliphatic carbocycles. The predicted molar refractivity (Wildman–Crippen MR) is 81.5 cm³/mol. The number of likely N-dealkylation sites (tertiary alicyclic amines) is 1. The maximum atomic E-state index is 12.6. The van der Waals surface area contributed by atoms with Crippen LogP contribution < -0.4 is 5.73 Å². The fourth-order valence-corrected chi connectivity index (χ4v) is 4.97. The van der Waals surface area contributed by atoms with Crippen LogP contribution in [0.5, 0.6) is 0 Å². The second-order valence-electron chi connectivity index (χ2n) is 7.59. The van der Waals surface area contributed by atoms with E-state index in [1.54, 1.807) is 0 Å². The minimum Gasteiger partial charge on any atom is -0.375 e. The van der Waals surface area contributed by atoms with Crippen LogP contribution in [0.3, 0.4) is 0 Å². The number of fused-ring (bicyclic) bond motifs is 2. The molecule has 1 saturated carbocycles. The molecular weight excluding hydrogens is 270 g/mol. The third-order valence-electron chi connectivity index (χ3n) is 4.64. The van der Waals surface area contributed by atoms with E-state index in [0.717, 1.165) is 25.1 Å². The molecule has 1 aromatic heterocycles. The van der Waals surface area contributed by atoms with E-state index in [2.05, 4.69) is 30.7 Å². The van der Waals surface area contributed by atoms with Crippen LogP contribution >= 0.6 is 11.3 Å². The Labute approximate surface area is 124 Å². The van der Waals surface area contributed by atoms with Crippen molar-refractivity contribution in [1.29, 1.82) is 0 Å². The summed E-state index contributed by atoms with van der Waals surface area (Å²) in [6.07, 6.45) is 3.87. The van der Waals surface area contributed by atoms with Crippen molar-refractivity contribution in [2.75, 3.05) is 12.3 Å². The quantitative estimate of drug-likeness (QED) is 0.912. The van der Waals surface area contributed by atoms with Crippen LogP contribution in [-0.4, -0.2) is 28.4 Å². The number of carbonyl (C=O) groups is 1. The summed E-state index contributed by atoms with van der Waals surface area (Å²) in [5.74, 6) is 0.210. The van der Waals surface area contributed by atoms with E-state index in [4.69, 9.17) is 5.73 Å². The molecule has 5 heteroatoms. The first-order valence-electron chi connectivity index (χ1n) is 7.26. The summed E-state index contributed by atoms with van der Waals surface area (Å²) in [5.41, 5.74) is 7.08. The fraction of sp³-hybridized carbons (Fsp3) is 0.733. The lowest BCUT2D eigenvalue weighted by Crippen LogP contribution is -2.38. The standard InChI is InChI=1S/C15H23N3OS/c1-14(2)5-11-6-15(3,8-14)9-18(11)12(19)4-10-7-20-13(16)17-10/h7,11H,4-6,8-9H2,1-3H3,(H2,16,17). The SMILES string of the molecule is CC1(C)CC2CC(C)(CN2C(=O)Cc2csc(N)n2)C1. The second-order valence-corrected chi connectivity index (χ2v) is 8.48. The van der Waals surface area contributed by atoms with Gasteiger partial charge in [0.05, 0.1) is 12.1 Å². The smallest absolute Gasteiger partial charge is 0.228 e. The van der Waals surface area contributed by atoms with Gasteiger partial charge < -0.3 is 10.6 Å². The predicted octanol–water partition coefficient (Wildman–Crippen LogP) is 2.70. The van der Waals surface area contributed by atoms with Crippen molar-refractivity contribution in [3.63, 3.8) is 0 Å².